The van der Waals surface area contributed by atoms with E-state index in [-0.39, 0.29) is 44.1 Å². The van der Waals surface area contributed by atoms with E-state index in [4.69, 9.17) is 9.47 Å². The van der Waals surface area contributed by atoms with Gasteiger partial charge < -0.3 is 14.8 Å². The molecule has 0 fully saturated rings. The number of benzene rings is 2. The Bertz CT molecular complexity index is 995. The average Bonchev–Trinajstić information content (AvgIpc) is 2.73. The third-order valence-electron chi connectivity index (χ3n) is 4.40. The molecule has 0 aliphatic rings. The molecule has 0 bridgehead atoms. The normalized spacial score (nSPS) is 11.7. The smallest absolute Gasteiger partial charge is 0.416 e. The summed E-state index contributed by atoms with van der Waals surface area (Å²) in [6, 6.07) is 10.9. The zero-order valence-electron chi connectivity index (χ0n) is 17.7. The Balaban J connectivity index is 1.82. The molecule has 2 aromatic rings. The number of nitrogens with zero attached hydrogens (tertiary/aromatic N) is 1. The van der Waals surface area contributed by atoms with Crippen molar-refractivity contribution in [1.29, 1.82) is 0 Å². The molecule has 32 heavy (non-hydrogen) atoms. The third-order valence-corrected chi connectivity index (χ3v) is 5.59. The first-order valence-corrected chi connectivity index (χ1v) is 11.5. The number of ether oxygens (including phenoxy) is 2. The van der Waals surface area contributed by atoms with Crippen molar-refractivity contribution in [2.24, 2.45) is 0 Å². The Morgan fingerprint density at radius 1 is 1.06 bits per heavy atom. The van der Waals surface area contributed by atoms with Crippen LogP contribution in [-0.4, -0.2) is 47.4 Å². The number of hydrogen-bond donors (Lipinski definition) is 1. The molecule has 1 amide bonds. The van der Waals surface area contributed by atoms with Gasteiger partial charge in [-0.1, -0.05) is 12.1 Å². The number of halogens is 3. The van der Waals surface area contributed by atoms with Crippen molar-refractivity contribution in [3.8, 4) is 11.5 Å². The summed E-state index contributed by atoms with van der Waals surface area (Å²) < 4.78 is 74.0. The van der Waals surface area contributed by atoms with Crippen LogP contribution in [0.25, 0.3) is 0 Å². The highest BCUT2D eigenvalue weighted by Gasteiger charge is 2.30. The molecule has 0 radical (unpaired) electrons. The molecule has 2 rings (SSSR count). The molecule has 176 valence electrons. The van der Waals surface area contributed by atoms with Crippen molar-refractivity contribution >= 4 is 21.6 Å². The zero-order valence-corrected chi connectivity index (χ0v) is 18.5. The molecule has 0 saturated carbocycles. The SMILES string of the molecule is COc1ccccc1OCCNC(=O)CCCN(c1ccc(C(F)(F)F)cc1)S(C)(=O)=O. The Hall–Kier alpha value is -2.95. The number of methoxy groups -OCH3 is 1. The largest absolute Gasteiger partial charge is 0.493 e. The van der Waals surface area contributed by atoms with Crippen molar-refractivity contribution < 1.29 is 35.9 Å². The van der Waals surface area contributed by atoms with Gasteiger partial charge in [-0.2, -0.15) is 13.2 Å². The lowest BCUT2D eigenvalue weighted by Gasteiger charge is -2.22. The maximum Gasteiger partial charge on any atom is 0.416 e. The summed E-state index contributed by atoms with van der Waals surface area (Å²) in [5.74, 6) is 0.821. The highest BCUT2D eigenvalue weighted by Crippen LogP contribution is 2.31. The van der Waals surface area contributed by atoms with Crippen molar-refractivity contribution in [2.45, 2.75) is 19.0 Å². The van der Waals surface area contributed by atoms with Crippen LogP contribution in [0.2, 0.25) is 0 Å². The molecule has 2 aromatic carbocycles. The van der Waals surface area contributed by atoms with Gasteiger partial charge in [0.25, 0.3) is 0 Å². The van der Waals surface area contributed by atoms with E-state index in [2.05, 4.69) is 5.32 Å². The van der Waals surface area contributed by atoms with E-state index in [1.165, 1.54) is 7.11 Å². The standard InChI is InChI=1S/C21H25F3N2O5S/c1-30-18-6-3-4-7-19(18)31-15-13-25-20(27)8-5-14-26(32(2,28)29)17-11-9-16(10-12-17)21(22,23)24/h3-4,6-7,9-12H,5,8,13-15H2,1-2H3,(H,25,27). The molecule has 7 nitrogen and oxygen atoms in total. The second-order valence-corrected chi connectivity index (χ2v) is 8.74. The number of amides is 1. The monoisotopic (exact) mass is 474 g/mol. The van der Waals surface area contributed by atoms with Gasteiger partial charge in [0.15, 0.2) is 11.5 Å². The van der Waals surface area contributed by atoms with Crippen LogP contribution >= 0.6 is 0 Å². The predicted molar refractivity (Wildman–Crippen MR) is 114 cm³/mol. The highest BCUT2D eigenvalue weighted by atomic mass is 32.2. The maximum absolute atomic E-state index is 12.7. The second kappa shape index (κ2) is 11.1. The van der Waals surface area contributed by atoms with Gasteiger partial charge in [0.2, 0.25) is 15.9 Å². The van der Waals surface area contributed by atoms with Crippen LogP contribution in [0.4, 0.5) is 18.9 Å². The number of nitrogens with one attached hydrogen (secondary N) is 1. The lowest BCUT2D eigenvalue weighted by molar-refractivity contribution is -0.137. The molecular weight excluding hydrogens is 449 g/mol. The Morgan fingerprint density at radius 2 is 1.69 bits per heavy atom. The first kappa shape index (κ1) is 25.3. The number of carbonyl (C=O) groups is 1. The summed E-state index contributed by atoms with van der Waals surface area (Å²) >= 11 is 0. The molecule has 11 heteroatoms. The van der Waals surface area contributed by atoms with Gasteiger partial charge in [0, 0.05) is 13.0 Å². The minimum atomic E-state index is -4.51. The van der Waals surface area contributed by atoms with Gasteiger partial charge in [-0.05, 0) is 42.8 Å². The first-order valence-electron chi connectivity index (χ1n) is 9.70. The number of hydrogen-bond acceptors (Lipinski definition) is 5. The predicted octanol–water partition coefficient (Wildman–Crippen LogP) is 3.46. The van der Waals surface area contributed by atoms with Crippen molar-refractivity contribution in [2.75, 3.05) is 37.4 Å². The molecule has 0 heterocycles. The summed E-state index contributed by atoms with van der Waals surface area (Å²) in [7, 11) is -2.21. The molecule has 0 aromatic heterocycles. The molecule has 0 atom stereocenters. The molecule has 0 aliphatic carbocycles. The first-order chi connectivity index (χ1) is 15.0. The van der Waals surface area contributed by atoms with Crippen LogP contribution in [0.1, 0.15) is 18.4 Å². The minimum Gasteiger partial charge on any atom is -0.493 e. The van der Waals surface area contributed by atoms with Gasteiger partial charge in [0.05, 0.1) is 31.2 Å². The summed E-state index contributed by atoms with van der Waals surface area (Å²) in [6.07, 6.45) is -3.32. The Morgan fingerprint density at radius 3 is 2.25 bits per heavy atom. The van der Waals surface area contributed by atoms with Crippen LogP contribution in [-0.2, 0) is 21.0 Å². The number of anilines is 1. The van der Waals surface area contributed by atoms with Gasteiger partial charge in [-0.3, -0.25) is 9.10 Å². The quantitative estimate of drug-likeness (QED) is 0.505. The van der Waals surface area contributed by atoms with Gasteiger partial charge in [0.1, 0.15) is 6.61 Å². The van der Waals surface area contributed by atoms with Crippen molar-refractivity contribution in [1.82, 2.24) is 5.32 Å². The maximum atomic E-state index is 12.7. The van der Waals surface area contributed by atoms with Crippen molar-refractivity contribution in [3.05, 3.63) is 54.1 Å². The van der Waals surface area contributed by atoms with Gasteiger partial charge in [-0.25, -0.2) is 8.42 Å². The van der Waals surface area contributed by atoms with Crippen molar-refractivity contribution in [3.63, 3.8) is 0 Å². The fourth-order valence-corrected chi connectivity index (χ4v) is 3.83. The van der Waals surface area contributed by atoms with E-state index in [9.17, 15) is 26.4 Å². The van der Waals surface area contributed by atoms with E-state index < -0.39 is 21.8 Å². The average molecular weight is 475 g/mol. The van der Waals surface area contributed by atoms with E-state index in [1.54, 1.807) is 24.3 Å². The number of carbonyl (C=O) groups excluding carboxylic acids is 1. The summed E-state index contributed by atoms with van der Waals surface area (Å²) in [5, 5.41) is 2.67. The van der Waals surface area contributed by atoms with E-state index >= 15 is 0 Å². The Labute approximate surface area is 185 Å². The lowest BCUT2D eigenvalue weighted by Crippen LogP contribution is -2.33. The lowest BCUT2D eigenvalue weighted by atomic mass is 10.2. The number of rotatable bonds is 11. The Kier molecular flexibility index (Phi) is 8.76. The van der Waals surface area contributed by atoms with Crippen LogP contribution in [0.5, 0.6) is 11.5 Å². The minimum absolute atomic E-state index is 0.0430. The molecule has 0 spiro atoms. The van der Waals surface area contributed by atoms with Crippen LogP contribution < -0.4 is 19.1 Å². The van der Waals surface area contributed by atoms with Crippen LogP contribution in [0.3, 0.4) is 0 Å². The third kappa shape index (κ3) is 7.63. The van der Waals surface area contributed by atoms with E-state index in [1.807, 2.05) is 0 Å². The number of para-hydroxylation sites is 2. The van der Waals surface area contributed by atoms with Crippen LogP contribution in [0, 0.1) is 0 Å². The fourth-order valence-electron chi connectivity index (χ4n) is 2.86. The summed E-state index contributed by atoms with van der Waals surface area (Å²) in [5.41, 5.74) is -0.768. The molecular formula is C21H25F3N2O5S. The molecule has 0 unspecified atom stereocenters. The number of alkyl halides is 3. The van der Waals surface area contributed by atoms with Gasteiger partial charge >= 0.3 is 6.18 Å². The molecule has 1 N–H and O–H groups in total. The topological polar surface area (TPSA) is 84.9 Å². The number of sulfonamides is 1. The summed E-state index contributed by atoms with van der Waals surface area (Å²) in [6.45, 7) is 0.411. The molecule has 0 saturated heterocycles. The van der Waals surface area contributed by atoms with E-state index in [0.29, 0.717) is 11.5 Å². The summed E-state index contributed by atoms with van der Waals surface area (Å²) in [4.78, 5) is 12.0. The zero-order chi connectivity index (χ0) is 23.8. The fraction of sp³-hybridized carbons (Fsp3) is 0.381. The van der Waals surface area contributed by atoms with Gasteiger partial charge in [-0.15, -0.1) is 0 Å². The van der Waals surface area contributed by atoms with E-state index in [0.717, 1.165) is 34.8 Å². The second-order valence-electron chi connectivity index (χ2n) is 6.83. The van der Waals surface area contributed by atoms with Crippen LogP contribution in [0.15, 0.2) is 48.5 Å². The molecule has 0 aliphatic heterocycles. The highest BCUT2D eigenvalue weighted by molar-refractivity contribution is 7.92.